The van der Waals surface area contributed by atoms with Crippen LogP contribution in [0.5, 0.6) is 0 Å². The van der Waals surface area contributed by atoms with E-state index in [1.807, 2.05) is 6.92 Å². The van der Waals surface area contributed by atoms with Gasteiger partial charge in [0, 0.05) is 6.04 Å². The Morgan fingerprint density at radius 2 is 1.88 bits per heavy atom. The van der Waals surface area contributed by atoms with E-state index in [9.17, 15) is 4.39 Å². The summed E-state index contributed by atoms with van der Waals surface area (Å²) in [6.07, 6.45) is 0.918. The van der Waals surface area contributed by atoms with Gasteiger partial charge in [0.15, 0.2) is 5.82 Å². The van der Waals surface area contributed by atoms with Crippen LogP contribution in [-0.4, -0.2) is 6.04 Å². The van der Waals surface area contributed by atoms with Crippen LogP contribution in [-0.2, 0) is 0 Å². The van der Waals surface area contributed by atoms with E-state index in [0.29, 0.717) is 5.92 Å². The van der Waals surface area contributed by atoms with Crippen molar-refractivity contribution in [1.29, 1.82) is 0 Å². The van der Waals surface area contributed by atoms with Crippen molar-refractivity contribution >= 4 is 28.7 Å². The summed E-state index contributed by atoms with van der Waals surface area (Å²) in [7, 11) is 0. The first-order chi connectivity index (χ1) is 7.82. The van der Waals surface area contributed by atoms with Gasteiger partial charge in [0.2, 0.25) is 0 Å². The molecule has 3 nitrogen and oxygen atoms in total. The van der Waals surface area contributed by atoms with E-state index in [-0.39, 0.29) is 28.1 Å². The minimum atomic E-state index is -0.584. The number of hydrogen-bond acceptors (Lipinski definition) is 3. The Kier molecular flexibility index (Phi) is 4.46. The van der Waals surface area contributed by atoms with Gasteiger partial charge in [-0.25, -0.2) is 4.39 Å². The maximum Gasteiger partial charge on any atom is 0.169 e. The van der Waals surface area contributed by atoms with Gasteiger partial charge in [0.25, 0.3) is 0 Å². The Labute approximate surface area is 106 Å². The fourth-order valence-corrected chi connectivity index (χ4v) is 1.97. The fraction of sp³-hybridized carbons (Fsp3) is 0.500. The number of anilines is 3. The third-order valence-electron chi connectivity index (χ3n) is 2.48. The van der Waals surface area contributed by atoms with Gasteiger partial charge in [0.05, 0.1) is 17.1 Å². The highest BCUT2D eigenvalue weighted by molar-refractivity contribution is 6.33. The lowest BCUT2D eigenvalue weighted by atomic mass is 10.0. The smallest absolute Gasteiger partial charge is 0.169 e. The van der Waals surface area contributed by atoms with Crippen LogP contribution < -0.4 is 16.8 Å². The largest absolute Gasteiger partial charge is 0.397 e. The average molecular weight is 260 g/mol. The second kappa shape index (κ2) is 5.45. The topological polar surface area (TPSA) is 64.1 Å². The molecule has 0 bridgehead atoms. The highest BCUT2D eigenvalue weighted by Gasteiger charge is 2.16. The van der Waals surface area contributed by atoms with Crippen molar-refractivity contribution in [1.82, 2.24) is 0 Å². The molecule has 0 amide bonds. The summed E-state index contributed by atoms with van der Waals surface area (Å²) in [5.41, 5.74) is 11.9. The molecule has 0 aliphatic carbocycles. The molecule has 1 atom stereocenters. The lowest BCUT2D eigenvalue weighted by Gasteiger charge is -2.20. The molecule has 0 fully saturated rings. The van der Waals surface area contributed by atoms with Gasteiger partial charge in [-0.3, -0.25) is 0 Å². The number of benzene rings is 1. The second-order valence-corrected chi connectivity index (χ2v) is 5.11. The summed E-state index contributed by atoms with van der Waals surface area (Å²) < 4.78 is 13.9. The Hall–Kier alpha value is -1.16. The van der Waals surface area contributed by atoms with E-state index >= 15 is 0 Å². The Morgan fingerprint density at radius 3 is 2.41 bits per heavy atom. The molecule has 0 aliphatic rings. The zero-order chi connectivity index (χ0) is 13.2. The van der Waals surface area contributed by atoms with Crippen molar-refractivity contribution in [2.45, 2.75) is 33.2 Å². The molecule has 1 unspecified atom stereocenters. The minimum Gasteiger partial charge on any atom is -0.397 e. The molecule has 1 rings (SSSR count). The molecular formula is C12H19ClFN3. The molecule has 0 aliphatic heterocycles. The summed E-state index contributed by atoms with van der Waals surface area (Å²) >= 11 is 5.75. The standard InChI is InChI=1S/C12H19ClFN3/c1-6(2)4-7(3)17-12-9(16)5-8(15)10(13)11(12)14/h5-7,17H,4,15-16H2,1-3H3. The monoisotopic (exact) mass is 259 g/mol. The van der Waals surface area contributed by atoms with E-state index in [2.05, 4.69) is 19.2 Å². The molecule has 0 heterocycles. The number of nitrogen functional groups attached to an aromatic ring is 2. The lowest BCUT2D eigenvalue weighted by Crippen LogP contribution is -2.19. The summed E-state index contributed by atoms with van der Waals surface area (Å²) in [5, 5.41) is 2.95. The van der Waals surface area contributed by atoms with Crippen LogP contribution in [0.15, 0.2) is 6.07 Å². The van der Waals surface area contributed by atoms with Gasteiger partial charge in [0.1, 0.15) is 5.02 Å². The number of nitrogens with two attached hydrogens (primary N) is 2. The number of rotatable bonds is 4. The Balaban J connectivity index is 2.95. The van der Waals surface area contributed by atoms with Crippen LogP contribution in [0.4, 0.5) is 21.5 Å². The molecule has 0 saturated heterocycles. The van der Waals surface area contributed by atoms with E-state index in [1.165, 1.54) is 6.07 Å². The van der Waals surface area contributed by atoms with Crippen molar-refractivity contribution in [3.05, 3.63) is 16.9 Å². The highest BCUT2D eigenvalue weighted by Crippen LogP contribution is 2.34. The molecule has 1 aromatic carbocycles. The van der Waals surface area contributed by atoms with Gasteiger partial charge in [-0.2, -0.15) is 0 Å². The first-order valence-corrected chi connectivity index (χ1v) is 6.00. The molecule has 5 heteroatoms. The first-order valence-electron chi connectivity index (χ1n) is 5.62. The van der Waals surface area contributed by atoms with Crippen LogP contribution in [0.25, 0.3) is 0 Å². The zero-order valence-corrected chi connectivity index (χ0v) is 11.1. The van der Waals surface area contributed by atoms with Crippen molar-refractivity contribution in [2.75, 3.05) is 16.8 Å². The fourth-order valence-electron chi connectivity index (χ4n) is 1.83. The van der Waals surface area contributed by atoms with Gasteiger partial charge >= 0.3 is 0 Å². The van der Waals surface area contributed by atoms with Gasteiger partial charge < -0.3 is 16.8 Å². The molecule has 0 radical (unpaired) electrons. The maximum absolute atomic E-state index is 13.9. The van der Waals surface area contributed by atoms with E-state index in [0.717, 1.165) is 6.42 Å². The third-order valence-corrected chi connectivity index (χ3v) is 2.87. The van der Waals surface area contributed by atoms with Crippen molar-refractivity contribution < 1.29 is 4.39 Å². The van der Waals surface area contributed by atoms with Crippen LogP contribution in [0.2, 0.25) is 5.02 Å². The second-order valence-electron chi connectivity index (χ2n) is 4.73. The molecule has 17 heavy (non-hydrogen) atoms. The summed E-state index contributed by atoms with van der Waals surface area (Å²) in [6.45, 7) is 6.19. The van der Waals surface area contributed by atoms with E-state index < -0.39 is 5.82 Å². The molecule has 0 saturated carbocycles. The third kappa shape index (κ3) is 3.40. The Morgan fingerprint density at radius 1 is 1.29 bits per heavy atom. The molecule has 5 N–H and O–H groups in total. The SMILES string of the molecule is CC(C)CC(C)Nc1c(N)cc(N)c(Cl)c1F. The van der Waals surface area contributed by atoms with Gasteiger partial charge in [-0.1, -0.05) is 25.4 Å². The molecule has 0 aromatic heterocycles. The van der Waals surface area contributed by atoms with Crippen LogP contribution in [0, 0.1) is 11.7 Å². The number of halogens is 2. The van der Waals surface area contributed by atoms with Crippen molar-refractivity contribution in [2.24, 2.45) is 5.92 Å². The minimum absolute atomic E-state index is 0.0848. The molecule has 0 spiro atoms. The maximum atomic E-state index is 13.9. The van der Waals surface area contributed by atoms with Gasteiger partial charge in [-0.05, 0) is 25.3 Å². The normalized spacial score (nSPS) is 12.8. The summed E-state index contributed by atoms with van der Waals surface area (Å²) in [4.78, 5) is 0. The van der Waals surface area contributed by atoms with Crippen LogP contribution in [0.1, 0.15) is 27.2 Å². The first kappa shape index (κ1) is 13.9. The van der Waals surface area contributed by atoms with Crippen molar-refractivity contribution in [3.8, 4) is 0 Å². The average Bonchev–Trinajstić information content (AvgIpc) is 2.20. The summed E-state index contributed by atoms with van der Waals surface area (Å²) in [6, 6.07) is 1.59. The predicted octanol–water partition coefficient (Wildman–Crippen LogP) is 3.49. The van der Waals surface area contributed by atoms with E-state index in [1.54, 1.807) is 0 Å². The number of nitrogens with one attached hydrogen (secondary N) is 1. The van der Waals surface area contributed by atoms with Crippen molar-refractivity contribution in [3.63, 3.8) is 0 Å². The van der Waals surface area contributed by atoms with Crippen LogP contribution >= 0.6 is 11.6 Å². The molecular weight excluding hydrogens is 241 g/mol. The lowest BCUT2D eigenvalue weighted by molar-refractivity contribution is 0.536. The highest BCUT2D eigenvalue weighted by atomic mass is 35.5. The number of hydrogen-bond donors (Lipinski definition) is 3. The quantitative estimate of drug-likeness (QED) is 0.726. The molecule has 1 aromatic rings. The zero-order valence-electron chi connectivity index (χ0n) is 10.3. The molecule has 96 valence electrons. The van der Waals surface area contributed by atoms with E-state index in [4.69, 9.17) is 23.1 Å². The summed E-state index contributed by atoms with van der Waals surface area (Å²) in [5.74, 6) is -0.0641. The van der Waals surface area contributed by atoms with Gasteiger partial charge in [-0.15, -0.1) is 0 Å². The predicted molar refractivity (Wildman–Crippen MR) is 72.8 cm³/mol. The Bertz CT molecular complexity index is 407. The van der Waals surface area contributed by atoms with Crippen LogP contribution in [0.3, 0.4) is 0 Å².